The van der Waals surface area contributed by atoms with E-state index >= 15 is 0 Å². The number of ether oxygens (including phenoxy) is 1. The molecule has 2 saturated heterocycles. The lowest BCUT2D eigenvalue weighted by atomic mass is 10.2. The molecule has 0 saturated carbocycles. The zero-order chi connectivity index (χ0) is 14.8. The number of hydrogen-bond donors (Lipinski definition) is 0. The van der Waals surface area contributed by atoms with E-state index in [1.165, 1.54) is 12.1 Å². The number of halogens is 3. The van der Waals surface area contributed by atoms with Gasteiger partial charge < -0.3 is 9.64 Å². The molecule has 2 fully saturated rings. The fourth-order valence-electron chi connectivity index (χ4n) is 3.18. The second-order valence-electron chi connectivity index (χ2n) is 5.58. The lowest BCUT2D eigenvalue weighted by molar-refractivity contribution is 0.0209. The van der Waals surface area contributed by atoms with Gasteiger partial charge in [-0.3, -0.25) is 4.90 Å². The van der Waals surface area contributed by atoms with E-state index in [0.29, 0.717) is 24.7 Å². The van der Waals surface area contributed by atoms with Gasteiger partial charge in [-0.15, -0.1) is 11.6 Å². The van der Waals surface area contributed by atoms with Crippen LogP contribution in [0, 0.1) is 11.6 Å². The number of rotatable bonds is 3. The smallest absolute Gasteiger partial charge is 0.149 e. The van der Waals surface area contributed by atoms with Crippen LogP contribution in [0.4, 0.5) is 14.5 Å². The maximum absolute atomic E-state index is 14.1. The van der Waals surface area contributed by atoms with Crippen molar-refractivity contribution in [3.8, 4) is 0 Å². The summed E-state index contributed by atoms with van der Waals surface area (Å²) in [6, 6.07) is 3.00. The predicted molar refractivity (Wildman–Crippen MR) is 78.9 cm³/mol. The van der Waals surface area contributed by atoms with Crippen LogP contribution in [0.25, 0.3) is 0 Å². The molecule has 116 valence electrons. The van der Waals surface area contributed by atoms with Gasteiger partial charge in [0.15, 0.2) is 0 Å². The highest BCUT2D eigenvalue weighted by atomic mass is 35.5. The minimum atomic E-state index is -0.520. The first-order chi connectivity index (χ1) is 10.2. The summed E-state index contributed by atoms with van der Waals surface area (Å²) in [5.41, 5.74) is 0.555. The van der Waals surface area contributed by atoms with Gasteiger partial charge >= 0.3 is 0 Å². The summed E-state index contributed by atoms with van der Waals surface area (Å²) in [7, 11) is 0. The Labute approximate surface area is 128 Å². The first kappa shape index (κ1) is 15.0. The zero-order valence-corrected chi connectivity index (χ0v) is 12.6. The Kier molecular flexibility index (Phi) is 4.62. The van der Waals surface area contributed by atoms with Gasteiger partial charge in [0.1, 0.15) is 17.3 Å². The summed E-state index contributed by atoms with van der Waals surface area (Å²) in [5, 5.41) is 0. The van der Waals surface area contributed by atoms with Crippen LogP contribution >= 0.6 is 11.6 Å². The van der Waals surface area contributed by atoms with Crippen molar-refractivity contribution < 1.29 is 13.5 Å². The van der Waals surface area contributed by atoms with Gasteiger partial charge in [0, 0.05) is 38.1 Å². The highest BCUT2D eigenvalue weighted by Crippen LogP contribution is 2.30. The zero-order valence-electron chi connectivity index (χ0n) is 11.8. The van der Waals surface area contributed by atoms with Crippen LogP contribution in [-0.4, -0.2) is 50.3 Å². The lowest BCUT2D eigenvalue weighted by Crippen LogP contribution is -2.44. The van der Waals surface area contributed by atoms with Gasteiger partial charge in [-0.05, 0) is 24.1 Å². The van der Waals surface area contributed by atoms with E-state index in [1.54, 1.807) is 0 Å². The van der Waals surface area contributed by atoms with Crippen molar-refractivity contribution in [3.63, 3.8) is 0 Å². The third-order valence-electron chi connectivity index (χ3n) is 4.27. The second-order valence-corrected chi connectivity index (χ2v) is 5.85. The molecule has 0 N–H and O–H groups in total. The molecule has 21 heavy (non-hydrogen) atoms. The van der Waals surface area contributed by atoms with Crippen LogP contribution in [-0.2, 0) is 10.6 Å². The molecule has 1 atom stereocenters. The number of benzene rings is 1. The van der Waals surface area contributed by atoms with Crippen LogP contribution in [0.3, 0.4) is 0 Å². The highest BCUT2D eigenvalue weighted by molar-refractivity contribution is 6.17. The molecular weight excluding hydrogens is 298 g/mol. The Balaban J connectivity index is 1.74. The van der Waals surface area contributed by atoms with E-state index in [-0.39, 0.29) is 11.6 Å². The molecule has 0 bridgehead atoms. The minimum Gasteiger partial charge on any atom is -0.379 e. The minimum absolute atomic E-state index is 0.0830. The van der Waals surface area contributed by atoms with E-state index in [4.69, 9.17) is 16.3 Å². The van der Waals surface area contributed by atoms with Crippen molar-refractivity contribution >= 4 is 17.3 Å². The fourth-order valence-corrected chi connectivity index (χ4v) is 3.34. The van der Waals surface area contributed by atoms with E-state index in [0.717, 1.165) is 32.7 Å². The quantitative estimate of drug-likeness (QED) is 0.797. The summed E-state index contributed by atoms with van der Waals surface area (Å²) < 4.78 is 33.6. The Morgan fingerprint density at radius 1 is 1.14 bits per heavy atom. The third kappa shape index (κ3) is 3.15. The summed E-state index contributed by atoms with van der Waals surface area (Å²) >= 11 is 5.64. The molecule has 1 aromatic rings. The number of alkyl halides is 1. The molecule has 0 aliphatic carbocycles. The van der Waals surface area contributed by atoms with Gasteiger partial charge in [-0.1, -0.05) is 0 Å². The highest BCUT2D eigenvalue weighted by Gasteiger charge is 2.31. The standard InChI is InChI=1S/C15H19ClF2N2O/c16-9-11-7-13(17)15(14(18)8-11)20-2-1-12(10-20)19-3-5-21-6-4-19/h7-8,12H,1-6,9-10H2. The molecule has 2 aliphatic heterocycles. The second kappa shape index (κ2) is 6.46. The van der Waals surface area contributed by atoms with Gasteiger partial charge in [-0.2, -0.15) is 0 Å². The molecule has 6 heteroatoms. The monoisotopic (exact) mass is 316 g/mol. The maximum atomic E-state index is 14.1. The van der Waals surface area contributed by atoms with Crippen LogP contribution < -0.4 is 4.90 Å². The van der Waals surface area contributed by atoms with E-state index in [2.05, 4.69) is 4.90 Å². The first-order valence-electron chi connectivity index (χ1n) is 7.29. The average molecular weight is 317 g/mol. The Hall–Kier alpha value is -0.910. The normalized spacial score (nSPS) is 23.8. The van der Waals surface area contributed by atoms with Crippen molar-refractivity contribution in [2.75, 3.05) is 44.3 Å². The number of nitrogens with zero attached hydrogens (tertiary/aromatic N) is 2. The molecule has 3 nitrogen and oxygen atoms in total. The van der Waals surface area contributed by atoms with Crippen molar-refractivity contribution in [1.29, 1.82) is 0 Å². The van der Waals surface area contributed by atoms with Crippen molar-refractivity contribution in [1.82, 2.24) is 4.90 Å². The van der Waals surface area contributed by atoms with Crippen LogP contribution in [0.15, 0.2) is 12.1 Å². The number of anilines is 1. The SMILES string of the molecule is Fc1cc(CCl)cc(F)c1N1CCC(N2CCOCC2)C1. The molecular formula is C15H19ClF2N2O. The van der Waals surface area contributed by atoms with Gasteiger partial charge in [0.05, 0.1) is 13.2 Å². The van der Waals surface area contributed by atoms with E-state index in [1.807, 2.05) is 4.90 Å². The van der Waals surface area contributed by atoms with Crippen LogP contribution in [0.5, 0.6) is 0 Å². The topological polar surface area (TPSA) is 15.7 Å². The molecule has 3 rings (SSSR count). The molecule has 1 unspecified atom stereocenters. The maximum Gasteiger partial charge on any atom is 0.149 e. The van der Waals surface area contributed by atoms with Gasteiger partial charge in [0.2, 0.25) is 0 Å². The first-order valence-corrected chi connectivity index (χ1v) is 7.83. The van der Waals surface area contributed by atoms with Gasteiger partial charge in [0.25, 0.3) is 0 Å². The van der Waals surface area contributed by atoms with E-state index < -0.39 is 11.6 Å². The summed E-state index contributed by atoms with van der Waals surface area (Å²) in [5.74, 6) is -0.925. The Morgan fingerprint density at radius 3 is 2.43 bits per heavy atom. The largest absolute Gasteiger partial charge is 0.379 e. The molecule has 2 aliphatic rings. The van der Waals surface area contributed by atoms with Crippen molar-refractivity contribution in [3.05, 3.63) is 29.3 Å². The Bertz CT molecular complexity index is 485. The average Bonchev–Trinajstić information content (AvgIpc) is 2.97. The third-order valence-corrected chi connectivity index (χ3v) is 4.58. The van der Waals surface area contributed by atoms with Crippen molar-refractivity contribution in [2.24, 2.45) is 0 Å². The number of hydrogen-bond acceptors (Lipinski definition) is 3. The Morgan fingerprint density at radius 2 is 1.81 bits per heavy atom. The van der Waals surface area contributed by atoms with E-state index in [9.17, 15) is 8.78 Å². The molecule has 2 heterocycles. The predicted octanol–water partition coefficient (Wildman–Crippen LogP) is 2.61. The molecule has 0 spiro atoms. The number of morpholine rings is 1. The molecule has 0 amide bonds. The summed E-state index contributed by atoms with van der Waals surface area (Å²) in [4.78, 5) is 4.16. The van der Waals surface area contributed by atoms with Crippen molar-refractivity contribution in [2.45, 2.75) is 18.3 Å². The molecule has 0 aromatic heterocycles. The van der Waals surface area contributed by atoms with Crippen LogP contribution in [0.2, 0.25) is 0 Å². The molecule has 1 aromatic carbocycles. The molecule has 0 radical (unpaired) electrons. The van der Waals surface area contributed by atoms with Gasteiger partial charge in [-0.25, -0.2) is 8.78 Å². The van der Waals surface area contributed by atoms with Crippen LogP contribution in [0.1, 0.15) is 12.0 Å². The summed E-state index contributed by atoms with van der Waals surface area (Å²) in [6.45, 7) is 4.61. The summed E-state index contributed by atoms with van der Waals surface area (Å²) in [6.07, 6.45) is 0.927. The fraction of sp³-hybridized carbons (Fsp3) is 0.600. The lowest BCUT2D eigenvalue weighted by Gasteiger charge is -2.32.